The zero-order valence-electron chi connectivity index (χ0n) is 31.2. The van der Waals surface area contributed by atoms with Crippen molar-refractivity contribution in [2.45, 2.75) is 31.6 Å². The predicted octanol–water partition coefficient (Wildman–Crippen LogP) is 13.5. The van der Waals surface area contributed by atoms with Gasteiger partial charge < -0.3 is 4.42 Å². The largest absolute Gasteiger partial charge is 0.456 e. The first-order valence-corrected chi connectivity index (χ1v) is 19.4. The summed E-state index contributed by atoms with van der Waals surface area (Å²) in [5.74, 6) is 2.25. The van der Waals surface area contributed by atoms with Gasteiger partial charge in [-0.1, -0.05) is 159 Å². The van der Waals surface area contributed by atoms with Crippen LogP contribution in [0.1, 0.15) is 42.9 Å². The average Bonchev–Trinajstić information content (AvgIpc) is 3.75. The van der Waals surface area contributed by atoms with E-state index in [-0.39, 0.29) is 5.41 Å². The molecular formula is C52H37N3O. The van der Waals surface area contributed by atoms with Gasteiger partial charge in [-0.05, 0) is 80.4 Å². The van der Waals surface area contributed by atoms with E-state index < -0.39 is 0 Å². The minimum atomic E-state index is -0.0259. The average molecular weight is 720 g/mol. The van der Waals surface area contributed by atoms with Crippen molar-refractivity contribution >= 4 is 32.7 Å². The second kappa shape index (κ2) is 12.6. The summed E-state index contributed by atoms with van der Waals surface area (Å²) < 4.78 is 6.68. The molecule has 4 nitrogen and oxygen atoms in total. The van der Waals surface area contributed by atoms with Crippen LogP contribution >= 0.6 is 0 Å². The van der Waals surface area contributed by atoms with E-state index in [4.69, 9.17) is 19.4 Å². The fourth-order valence-corrected chi connectivity index (χ4v) is 8.95. The molecule has 1 unspecified atom stereocenters. The zero-order chi connectivity index (χ0) is 37.4. The van der Waals surface area contributed by atoms with Crippen LogP contribution in [-0.4, -0.2) is 15.0 Å². The van der Waals surface area contributed by atoms with Gasteiger partial charge in [0.1, 0.15) is 11.2 Å². The quantitative estimate of drug-likeness (QED) is 0.178. The Bertz CT molecular complexity index is 3080. The predicted molar refractivity (Wildman–Crippen MR) is 230 cm³/mol. The van der Waals surface area contributed by atoms with E-state index in [1.807, 2.05) is 30.3 Å². The summed E-state index contributed by atoms with van der Waals surface area (Å²) in [6.45, 7) is 4.65. The van der Waals surface area contributed by atoms with Gasteiger partial charge in [0.25, 0.3) is 0 Å². The third-order valence-corrected chi connectivity index (χ3v) is 11.9. The molecule has 0 saturated heterocycles. The Balaban J connectivity index is 1.06. The Kier molecular flexibility index (Phi) is 7.30. The standard InChI is InChI=1S/C52H37N3O/c1-52(2)44-20-12-11-18-39(44)41-29-36(25-27-45(41)52)37-26-28-46-43(30-37)48-40-19-10-9-17-38(40)42(31-47(48)56-46)51-54-49(34-15-7-4-8-16-34)53-50(55-51)35-23-21-33(22-24-35)32-13-5-3-6-14-32/h3-13,15-32H,14H2,1-2H3. The topological polar surface area (TPSA) is 51.8 Å². The van der Waals surface area contributed by atoms with Crippen LogP contribution in [0.4, 0.5) is 0 Å². The maximum absolute atomic E-state index is 6.68. The van der Waals surface area contributed by atoms with E-state index in [0.29, 0.717) is 23.4 Å². The molecule has 0 N–H and O–H groups in total. The summed E-state index contributed by atoms with van der Waals surface area (Å²) in [7, 11) is 0. The van der Waals surface area contributed by atoms with Crippen LogP contribution in [-0.2, 0) is 5.41 Å². The van der Waals surface area contributed by atoms with Crippen LogP contribution in [0, 0.1) is 0 Å². The number of aromatic nitrogens is 3. The summed E-state index contributed by atoms with van der Waals surface area (Å²) in [5.41, 5.74) is 13.5. The van der Waals surface area contributed by atoms with Crippen molar-refractivity contribution in [1.82, 2.24) is 15.0 Å². The van der Waals surface area contributed by atoms with E-state index >= 15 is 0 Å². The van der Waals surface area contributed by atoms with Crippen LogP contribution in [0.5, 0.6) is 0 Å². The SMILES string of the molecule is CC1(C)c2ccccc2-c2cc(-c3ccc4oc5cc(-c6nc(-c7ccccc7)nc(-c7ccc(C8C=CC=CC8)cc7)n6)c6ccccc6c5c4c3)ccc21. The van der Waals surface area contributed by atoms with Crippen molar-refractivity contribution in [3.8, 4) is 56.4 Å². The van der Waals surface area contributed by atoms with Gasteiger partial charge in [-0.25, -0.2) is 15.0 Å². The number of furan rings is 1. The first-order chi connectivity index (χ1) is 27.5. The number of fused-ring (bicyclic) bond motifs is 8. The minimum Gasteiger partial charge on any atom is -0.456 e. The van der Waals surface area contributed by atoms with Crippen molar-refractivity contribution in [2.24, 2.45) is 0 Å². The molecule has 2 aliphatic rings. The molecule has 4 heteroatoms. The highest BCUT2D eigenvalue weighted by Gasteiger charge is 2.35. The normalized spacial score (nSPS) is 15.4. The molecule has 2 aliphatic carbocycles. The van der Waals surface area contributed by atoms with E-state index in [9.17, 15) is 0 Å². The molecule has 0 fully saturated rings. The highest BCUT2D eigenvalue weighted by atomic mass is 16.3. The van der Waals surface area contributed by atoms with Gasteiger partial charge >= 0.3 is 0 Å². The number of hydrogen-bond acceptors (Lipinski definition) is 4. The Morgan fingerprint density at radius 2 is 1.16 bits per heavy atom. The lowest BCUT2D eigenvalue weighted by molar-refractivity contribution is 0.660. The summed E-state index contributed by atoms with van der Waals surface area (Å²) in [6, 6.07) is 51.8. The van der Waals surface area contributed by atoms with Gasteiger partial charge in [0.15, 0.2) is 17.5 Å². The van der Waals surface area contributed by atoms with Crippen molar-refractivity contribution in [3.63, 3.8) is 0 Å². The van der Waals surface area contributed by atoms with Crippen molar-refractivity contribution in [3.05, 3.63) is 187 Å². The second-order valence-corrected chi connectivity index (χ2v) is 15.5. The molecule has 0 radical (unpaired) electrons. The minimum absolute atomic E-state index is 0.0259. The number of rotatable bonds is 5. The first-order valence-electron chi connectivity index (χ1n) is 19.4. The van der Waals surface area contributed by atoms with Gasteiger partial charge in [0.2, 0.25) is 0 Å². The molecule has 0 aliphatic heterocycles. The maximum Gasteiger partial charge on any atom is 0.164 e. The Labute approximate surface area is 325 Å². The molecule has 2 aromatic heterocycles. The van der Waals surface area contributed by atoms with E-state index in [1.165, 1.54) is 33.4 Å². The number of hydrogen-bond donors (Lipinski definition) is 0. The van der Waals surface area contributed by atoms with Gasteiger partial charge in [-0.15, -0.1) is 0 Å². The Morgan fingerprint density at radius 1 is 0.500 bits per heavy atom. The van der Waals surface area contributed by atoms with E-state index in [0.717, 1.165) is 61.4 Å². The smallest absolute Gasteiger partial charge is 0.164 e. The lowest BCUT2D eigenvalue weighted by atomic mass is 9.82. The first kappa shape index (κ1) is 32.5. The van der Waals surface area contributed by atoms with Crippen molar-refractivity contribution in [2.75, 3.05) is 0 Å². The van der Waals surface area contributed by atoms with Crippen LogP contribution in [0.15, 0.2) is 174 Å². The number of benzene rings is 7. The highest BCUT2D eigenvalue weighted by Crippen LogP contribution is 2.50. The molecule has 2 heterocycles. The number of nitrogens with zero attached hydrogens (tertiary/aromatic N) is 3. The van der Waals surface area contributed by atoms with Crippen molar-refractivity contribution < 1.29 is 4.42 Å². The lowest BCUT2D eigenvalue weighted by Crippen LogP contribution is -2.14. The molecule has 1 atom stereocenters. The van der Waals surface area contributed by atoms with E-state index in [2.05, 4.69) is 153 Å². The van der Waals surface area contributed by atoms with Gasteiger partial charge in [-0.3, -0.25) is 0 Å². The number of allylic oxidation sites excluding steroid dienone is 4. The molecule has 0 bridgehead atoms. The summed E-state index contributed by atoms with van der Waals surface area (Å²) in [4.78, 5) is 15.3. The Hall–Kier alpha value is -6.91. The van der Waals surface area contributed by atoms with Gasteiger partial charge in [0.05, 0.1) is 0 Å². The molecular weight excluding hydrogens is 683 g/mol. The highest BCUT2D eigenvalue weighted by molar-refractivity contribution is 6.22. The molecule has 56 heavy (non-hydrogen) atoms. The van der Waals surface area contributed by atoms with Crippen LogP contribution < -0.4 is 0 Å². The van der Waals surface area contributed by atoms with Crippen molar-refractivity contribution in [1.29, 1.82) is 0 Å². The molecule has 0 saturated carbocycles. The molecule has 0 amide bonds. The summed E-state index contributed by atoms with van der Waals surface area (Å²) in [5, 5.41) is 4.34. The Morgan fingerprint density at radius 3 is 1.96 bits per heavy atom. The lowest BCUT2D eigenvalue weighted by Gasteiger charge is -2.21. The summed E-state index contributed by atoms with van der Waals surface area (Å²) in [6.07, 6.45) is 9.73. The molecule has 9 aromatic rings. The van der Waals surface area contributed by atoms with Gasteiger partial charge in [0, 0.05) is 38.8 Å². The van der Waals surface area contributed by atoms with Crippen LogP contribution in [0.2, 0.25) is 0 Å². The third-order valence-electron chi connectivity index (χ3n) is 11.9. The molecule has 11 rings (SSSR count). The van der Waals surface area contributed by atoms with Gasteiger partial charge in [-0.2, -0.15) is 0 Å². The third kappa shape index (κ3) is 5.17. The second-order valence-electron chi connectivity index (χ2n) is 15.5. The van der Waals surface area contributed by atoms with Crippen LogP contribution in [0.25, 0.3) is 89.1 Å². The van der Waals surface area contributed by atoms with Crippen LogP contribution in [0.3, 0.4) is 0 Å². The summed E-state index contributed by atoms with van der Waals surface area (Å²) >= 11 is 0. The molecule has 266 valence electrons. The molecule has 7 aromatic carbocycles. The van der Waals surface area contributed by atoms with E-state index in [1.54, 1.807) is 0 Å². The maximum atomic E-state index is 6.68. The fourth-order valence-electron chi connectivity index (χ4n) is 8.95. The molecule has 0 spiro atoms. The zero-order valence-corrected chi connectivity index (χ0v) is 31.2. The fraction of sp³-hybridized carbons (Fsp3) is 0.0962. The monoisotopic (exact) mass is 719 g/mol.